The van der Waals surface area contributed by atoms with E-state index in [1.54, 1.807) is 0 Å². The Labute approximate surface area is 114 Å². The Kier molecular flexibility index (Phi) is 4.82. The van der Waals surface area contributed by atoms with E-state index in [4.69, 9.17) is 0 Å². The van der Waals surface area contributed by atoms with E-state index in [2.05, 4.69) is 32.2 Å². The van der Waals surface area contributed by atoms with Gasteiger partial charge in [-0.05, 0) is 51.2 Å². The molecular weight excluding hydrogens is 242 g/mol. The first-order chi connectivity index (χ1) is 8.61. The molecule has 1 heterocycles. The standard InChI is InChI=1S/C15H25NOS/c1-10-8-14(12(3)18-10)11(2)16-15-7-5-4-6-13(15)9-17/h8,11,13,15-17H,4-7,9H2,1-3H3. The highest BCUT2D eigenvalue weighted by atomic mass is 32.1. The highest BCUT2D eigenvalue weighted by molar-refractivity contribution is 7.12. The van der Waals surface area contributed by atoms with Gasteiger partial charge < -0.3 is 10.4 Å². The molecule has 0 amide bonds. The molecule has 18 heavy (non-hydrogen) atoms. The highest BCUT2D eigenvalue weighted by Gasteiger charge is 2.26. The van der Waals surface area contributed by atoms with E-state index < -0.39 is 0 Å². The van der Waals surface area contributed by atoms with Crippen LogP contribution < -0.4 is 5.32 Å². The first-order valence-corrected chi connectivity index (χ1v) is 7.87. The first kappa shape index (κ1) is 14.0. The molecule has 0 aliphatic heterocycles. The van der Waals surface area contributed by atoms with E-state index in [0.717, 1.165) is 0 Å². The minimum Gasteiger partial charge on any atom is -0.396 e. The van der Waals surface area contributed by atoms with Crippen molar-refractivity contribution in [3.8, 4) is 0 Å². The minimum absolute atomic E-state index is 0.325. The lowest BCUT2D eigenvalue weighted by atomic mass is 9.84. The fourth-order valence-electron chi connectivity index (χ4n) is 3.14. The third-order valence-corrected chi connectivity index (χ3v) is 5.14. The van der Waals surface area contributed by atoms with E-state index in [-0.39, 0.29) is 0 Å². The lowest BCUT2D eigenvalue weighted by molar-refractivity contribution is 0.147. The van der Waals surface area contributed by atoms with Gasteiger partial charge in [-0.15, -0.1) is 11.3 Å². The summed E-state index contributed by atoms with van der Waals surface area (Å²) in [6.07, 6.45) is 4.94. The van der Waals surface area contributed by atoms with Gasteiger partial charge in [0.05, 0.1) is 0 Å². The van der Waals surface area contributed by atoms with E-state index >= 15 is 0 Å². The van der Waals surface area contributed by atoms with Crippen molar-refractivity contribution in [2.75, 3.05) is 6.61 Å². The van der Waals surface area contributed by atoms with Gasteiger partial charge in [-0.1, -0.05) is 12.8 Å². The third kappa shape index (κ3) is 3.14. The van der Waals surface area contributed by atoms with Gasteiger partial charge >= 0.3 is 0 Å². The van der Waals surface area contributed by atoms with Crippen LogP contribution in [0.5, 0.6) is 0 Å². The molecule has 3 heteroatoms. The van der Waals surface area contributed by atoms with Gasteiger partial charge in [-0.2, -0.15) is 0 Å². The topological polar surface area (TPSA) is 32.3 Å². The Balaban J connectivity index is 2.01. The van der Waals surface area contributed by atoms with Crippen LogP contribution in [-0.2, 0) is 0 Å². The van der Waals surface area contributed by atoms with Crippen LogP contribution in [0.25, 0.3) is 0 Å². The number of thiophene rings is 1. The third-order valence-electron chi connectivity index (χ3n) is 4.15. The van der Waals surface area contributed by atoms with Crippen molar-refractivity contribution < 1.29 is 5.11 Å². The van der Waals surface area contributed by atoms with Gasteiger partial charge in [0, 0.05) is 28.4 Å². The maximum Gasteiger partial charge on any atom is 0.0474 e. The molecule has 3 atom stereocenters. The molecule has 1 aliphatic carbocycles. The zero-order valence-corrected chi connectivity index (χ0v) is 12.5. The summed E-state index contributed by atoms with van der Waals surface area (Å²) in [5.41, 5.74) is 1.43. The second kappa shape index (κ2) is 6.18. The zero-order chi connectivity index (χ0) is 13.1. The summed E-state index contributed by atoms with van der Waals surface area (Å²) in [5, 5.41) is 13.2. The molecule has 1 aromatic rings. The van der Waals surface area contributed by atoms with Gasteiger partial charge in [0.25, 0.3) is 0 Å². The largest absolute Gasteiger partial charge is 0.396 e. The van der Waals surface area contributed by atoms with Crippen molar-refractivity contribution in [3.05, 3.63) is 21.4 Å². The summed E-state index contributed by atoms with van der Waals surface area (Å²) in [6.45, 7) is 6.95. The van der Waals surface area contributed by atoms with E-state index in [0.29, 0.717) is 24.6 Å². The summed E-state index contributed by atoms with van der Waals surface area (Å²) < 4.78 is 0. The molecule has 0 spiro atoms. The van der Waals surface area contributed by atoms with Crippen LogP contribution in [0.1, 0.15) is 54.0 Å². The molecule has 0 saturated heterocycles. The Morgan fingerprint density at radius 3 is 2.72 bits per heavy atom. The molecule has 2 N–H and O–H groups in total. The number of aliphatic hydroxyl groups is 1. The van der Waals surface area contributed by atoms with E-state index in [9.17, 15) is 5.11 Å². The highest BCUT2D eigenvalue weighted by Crippen LogP contribution is 2.30. The van der Waals surface area contributed by atoms with Gasteiger partial charge in [-0.25, -0.2) is 0 Å². The minimum atomic E-state index is 0.325. The first-order valence-electron chi connectivity index (χ1n) is 7.05. The molecular formula is C15H25NOS. The van der Waals surface area contributed by atoms with E-state index in [1.807, 2.05) is 11.3 Å². The number of hydrogen-bond acceptors (Lipinski definition) is 3. The molecule has 1 saturated carbocycles. The molecule has 0 aromatic carbocycles. The Morgan fingerprint density at radius 2 is 2.11 bits per heavy atom. The molecule has 0 bridgehead atoms. The van der Waals surface area contributed by atoms with Crippen molar-refractivity contribution >= 4 is 11.3 Å². The second-order valence-corrected chi connectivity index (χ2v) is 7.05. The molecule has 1 fully saturated rings. The monoisotopic (exact) mass is 267 g/mol. The van der Waals surface area contributed by atoms with Crippen LogP contribution in [0.3, 0.4) is 0 Å². The lowest BCUT2D eigenvalue weighted by Crippen LogP contribution is -2.41. The second-order valence-electron chi connectivity index (χ2n) is 5.59. The van der Waals surface area contributed by atoms with Crippen LogP contribution in [0.2, 0.25) is 0 Å². The normalized spacial score (nSPS) is 26.2. The summed E-state index contributed by atoms with van der Waals surface area (Å²) in [6, 6.07) is 3.18. The maximum absolute atomic E-state index is 9.47. The number of aliphatic hydroxyl groups excluding tert-OH is 1. The Morgan fingerprint density at radius 1 is 1.39 bits per heavy atom. The number of rotatable bonds is 4. The molecule has 3 unspecified atom stereocenters. The van der Waals surface area contributed by atoms with Crippen LogP contribution >= 0.6 is 11.3 Å². The lowest BCUT2D eigenvalue weighted by Gasteiger charge is -2.33. The molecule has 1 aromatic heterocycles. The molecule has 2 rings (SSSR count). The van der Waals surface area contributed by atoms with Crippen LogP contribution in [-0.4, -0.2) is 17.8 Å². The van der Waals surface area contributed by atoms with E-state index in [1.165, 1.54) is 41.0 Å². The van der Waals surface area contributed by atoms with Crippen LogP contribution in [0, 0.1) is 19.8 Å². The molecule has 0 radical (unpaired) electrons. The SMILES string of the molecule is Cc1cc(C(C)NC2CCCCC2CO)c(C)s1. The molecule has 1 aliphatic rings. The van der Waals surface area contributed by atoms with Crippen molar-refractivity contribution in [2.24, 2.45) is 5.92 Å². The Hall–Kier alpha value is -0.380. The fourth-order valence-corrected chi connectivity index (χ4v) is 4.16. The fraction of sp³-hybridized carbons (Fsp3) is 0.733. The van der Waals surface area contributed by atoms with Crippen molar-refractivity contribution in [3.63, 3.8) is 0 Å². The van der Waals surface area contributed by atoms with Crippen molar-refractivity contribution in [1.29, 1.82) is 0 Å². The summed E-state index contributed by atoms with van der Waals surface area (Å²) in [5.74, 6) is 0.446. The summed E-state index contributed by atoms with van der Waals surface area (Å²) in [7, 11) is 0. The number of nitrogens with one attached hydrogen (secondary N) is 1. The smallest absolute Gasteiger partial charge is 0.0474 e. The molecule has 102 valence electrons. The van der Waals surface area contributed by atoms with Crippen molar-refractivity contribution in [1.82, 2.24) is 5.32 Å². The van der Waals surface area contributed by atoms with Crippen molar-refractivity contribution in [2.45, 2.75) is 58.5 Å². The van der Waals surface area contributed by atoms with Gasteiger partial charge in [0.1, 0.15) is 0 Å². The predicted octanol–water partition coefficient (Wildman–Crippen LogP) is 3.57. The average Bonchev–Trinajstić information content (AvgIpc) is 2.69. The van der Waals surface area contributed by atoms with Crippen LogP contribution in [0.15, 0.2) is 6.07 Å². The zero-order valence-electron chi connectivity index (χ0n) is 11.7. The number of hydrogen-bond donors (Lipinski definition) is 2. The summed E-state index contributed by atoms with van der Waals surface area (Å²) >= 11 is 1.88. The van der Waals surface area contributed by atoms with Gasteiger partial charge in [0.15, 0.2) is 0 Å². The maximum atomic E-state index is 9.47. The quantitative estimate of drug-likeness (QED) is 0.874. The Bertz CT molecular complexity index is 388. The summed E-state index contributed by atoms with van der Waals surface area (Å²) in [4.78, 5) is 2.81. The van der Waals surface area contributed by atoms with Gasteiger partial charge in [-0.3, -0.25) is 0 Å². The number of aryl methyl sites for hydroxylation is 2. The average molecular weight is 267 g/mol. The molecule has 2 nitrogen and oxygen atoms in total. The van der Waals surface area contributed by atoms with Gasteiger partial charge in [0.2, 0.25) is 0 Å². The predicted molar refractivity (Wildman–Crippen MR) is 78.2 cm³/mol. The van der Waals surface area contributed by atoms with Crippen LogP contribution in [0.4, 0.5) is 0 Å².